The molecule has 2 aliphatic heterocycles. The molecule has 0 aromatic rings. The molecule has 0 spiro atoms. The summed E-state index contributed by atoms with van der Waals surface area (Å²) in [6.07, 6.45) is -1.57. The maximum absolute atomic E-state index is 10.9. The third kappa shape index (κ3) is 0.926. The molecule has 0 radical (unpaired) electrons. The predicted molar refractivity (Wildman–Crippen MR) is 31.6 cm³/mol. The van der Waals surface area contributed by atoms with Crippen molar-refractivity contribution in [3.8, 4) is 0 Å². The summed E-state index contributed by atoms with van der Waals surface area (Å²) in [5, 5.41) is 8.72. The minimum Gasteiger partial charge on any atom is -0.455 e. The molecular weight excluding hydrogens is 152 g/mol. The van der Waals surface area contributed by atoms with Crippen molar-refractivity contribution in [1.29, 1.82) is 0 Å². The van der Waals surface area contributed by atoms with Gasteiger partial charge in [-0.2, -0.15) is 0 Å². The van der Waals surface area contributed by atoms with Crippen LogP contribution in [0.15, 0.2) is 0 Å². The van der Waals surface area contributed by atoms with Crippen molar-refractivity contribution in [2.75, 3.05) is 13.4 Å². The number of aliphatic hydroxyl groups excluding tert-OH is 1. The van der Waals surface area contributed by atoms with E-state index in [0.717, 1.165) is 0 Å². The van der Waals surface area contributed by atoms with Gasteiger partial charge in [0.15, 0.2) is 12.2 Å². The molecular formula is C6H8O5. The molecule has 1 N–H and O–H groups in total. The second kappa shape index (κ2) is 2.44. The quantitative estimate of drug-likeness (QED) is 0.480. The molecule has 5 heteroatoms. The number of ether oxygens (including phenoxy) is 3. The van der Waals surface area contributed by atoms with Gasteiger partial charge in [0.25, 0.3) is 0 Å². The third-order valence-corrected chi connectivity index (χ3v) is 1.85. The Kier molecular flexibility index (Phi) is 1.56. The van der Waals surface area contributed by atoms with Gasteiger partial charge in [0.2, 0.25) is 0 Å². The molecule has 0 aliphatic carbocycles. The highest BCUT2D eigenvalue weighted by atomic mass is 16.7. The molecule has 2 saturated heterocycles. The van der Waals surface area contributed by atoms with Gasteiger partial charge in [-0.3, -0.25) is 0 Å². The standard InChI is InChI=1S/C6H8O5/c7-1-3-4-5(6(8)11-3)10-2-9-4/h3-5,7H,1-2H2. The summed E-state index contributed by atoms with van der Waals surface area (Å²) in [5.74, 6) is -0.438. The van der Waals surface area contributed by atoms with Crippen LogP contribution in [0.3, 0.4) is 0 Å². The van der Waals surface area contributed by atoms with Crippen LogP contribution < -0.4 is 0 Å². The normalized spacial score (nSPS) is 42.3. The first kappa shape index (κ1) is 7.02. The van der Waals surface area contributed by atoms with Crippen LogP contribution in [0.4, 0.5) is 0 Å². The lowest BCUT2D eigenvalue weighted by Gasteiger charge is -2.09. The molecule has 0 aromatic heterocycles. The Morgan fingerprint density at radius 3 is 3.09 bits per heavy atom. The van der Waals surface area contributed by atoms with Crippen LogP contribution in [-0.2, 0) is 19.0 Å². The molecule has 0 aromatic carbocycles. The second-order valence-corrected chi connectivity index (χ2v) is 2.49. The van der Waals surface area contributed by atoms with E-state index in [0.29, 0.717) is 0 Å². The number of hydrogen-bond donors (Lipinski definition) is 1. The Hall–Kier alpha value is -0.650. The van der Waals surface area contributed by atoms with Gasteiger partial charge in [0, 0.05) is 0 Å². The molecule has 62 valence electrons. The van der Waals surface area contributed by atoms with Crippen LogP contribution in [0.1, 0.15) is 0 Å². The zero-order chi connectivity index (χ0) is 7.84. The van der Waals surface area contributed by atoms with Crippen LogP contribution >= 0.6 is 0 Å². The Morgan fingerprint density at radius 2 is 2.36 bits per heavy atom. The van der Waals surface area contributed by atoms with Gasteiger partial charge in [-0.25, -0.2) is 4.79 Å². The predicted octanol–water partition coefficient (Wildman–Crippen LogP) is -1.35. The van der Waals surface area contributed by atoms with E-state index in [9.17, 15) is 4.79 Å². The summed E-state index contributed by atoms with van der Waals surface area (Å²) in [7, 11) is 0. The fraction of sp³-hybridized carbons (Fsp3) is 0.833. The topological polar surface area (TPSA) is 65.0 Å². The number of cyclic esters (lactones) is 1. The maximum atomic E-state index is 10.9. The number of carbonyl (C=O) groups excluding carboxylic acids is 1. The van der Waals surface area contributed by atoms with Gasteiger partial charge in [0.1, 0.15) is 12.9 Å². The molecule has 11 heavy (non-hydrogen) atoms. The molecule has 2 fully saturated rings. The van der Waals surface area contributed by atoms with Crippen LogP contribution in [0.5, 0.6) is 0 Å². The highest BCUT2D eigenvalue weighted by Gasteiger charge is 2.49. The van der Waals surface area contributed by atoms with Crippen molar-refractivity contribution in [2.24, 2.45) is 0 Å². The molecule has 5 nitrogen and oxygen atoms in total. The SMILES string of the molecule is O=C1OC(CO)C2OCOC12. The molecule has 0 amide bonds. The van der Waals surface area contributed by atoms with E-state index in [1.807, 2.05) is 0 Å². The van der Waals surface area contributed by atoms with Crippen molar-refractivity contribution < 1.29 is 24.1 Å². The molecule has 2 rings (SSSR count). The zero-order valence-corrected chi connectivity index (χ0v) is 5.73. The van der Waals surface area contributed by atoms with Gasteiger partial charge in [-0.15, -0.1) is 0 Å². The second-order valence-electron chi connectivity index (χ2n) is 2.49. The van der Waals surface area contributed by atoms with E-state index >= 15 is 0 Å². The lowest BCUT2D eigenvalue weighted by atomic mass is 10.1. The van der Waals surface area contributed by atoms with Crippen molar-refractivity contribution in [2.45, 2.75) is 18.3 Å². The average molecular weight is 160 g/mol. The van der Waals surface area contributed by atoms with Crippen LogP contribution in [0, 0.1) is 0 Å². The largest absolute Gasteiger partial charge is 0.455 e. The van der Waals surface area contributed by atoms with Crippen molar-refractivity contribution in [1.82, 2.24) is 0 Å². The highest BCUT2D eigenvalue weighted by Crippen LogP contribution is 2.26. The lowest BCUT2D eigenvalue weighted by Crippen LogP contribution is -2.30. The van der Waals surface area contributed by atoms with E-state index in [1.165, 1.54) is 0 Å². The minimum atomic E-state index is -0.618. The average Bonchev–Trinajstić information content (AvgIpc) is 2.54. The van der Waals surface area contributed by atoms with E-state index < -0.39 is 24.3 Å². The van der Waals surface area contributed by atoms with E-state index in [4.69, 9.17) is 19.3 Å². The number of hydrogen-bond acceptors (Lipinski definition) is 5. The van der Waals surface area contributed by atoms with Crippen LogP contribution in [-0.4, -0.2) is 42.8 Å². The van der Waals surface area contributed by atoms with Gasteiger partial charge >= 0.3 is 5.97 Å². The van der Waals surface area contributed by atoms with Gasteiger partial charge in [-0.05, 0) is 0 Å². The summed E-state index contributed by atoms with van der Waals surface area (Å²) >= 11 is 0. The van der Waals surface area contributed by atoms with E-state index in [-0.39, 0.29) is 13.4 Å². The number of fused-ring (bicyclic) bond motifs is 1. The Morgan fingerprint density at radius 1 is 1.55 bits per heavy atom. The van der Waals surface area contributed by atoms with Crippen molar-refractivity contribution >= 4 is 5.97 Å². The summed E-state index contributed by atoms with van der Waals surface area (Å²) in [4.78, 5) is 10.9. The molecule has 2 heterocycles. The van der Waals surface area contributed by atoms with Crippen molar-refractivity contribution in [3.05, 3.63) is 0 Å². The fourth-order valence-corrected chi connectivity index (χ4v) is 1.30. The molecule has 3 unspecified atom stereocenters. The zero-order valence-electron chi connectivity index (χ0n) is 5.73. The molecule has 2 aliphatic rings. The minimum absolute atomic E-state index is 0.112. The Labute approximate surface area is 62.8 Å². The molecule has 0 bridgehead atoms. The smallest absolute Gasteiger partial charge is 0.338 e. The summed E-state index contributed by atoms with van der Waals surface area (Å²) in [5.41, 5.74) is 0. The maximum Gasteiger partial charge on any atom is 0.338 e. The number of rotatable bonds is 1. The Balaban J connectivity index is 2.13. The lowest BCUT2D eigenvalue weighted by molar-refractivity contribution is -0.154. The van der Waals surface area contributed by atoms with E-state index in [2.05, 4.69) is 0 Å². The summed E-state index contributed by atoms with van der Waals surface area (Å²) < 4.78 is 14.7. The summed E-state index contributed by atoms with van der Waals surface area (Å²) in [6, 6.07) is 0. The van der Waals surface area contributed by atoms with E-state index in [1.54, 1.807) is 0 Å². The van der Waals surface area contributed by atoms with Crippen LogP contribution in [0.2, 0.25) is 0 Å². The molecule has 0 saturated carbocycles. The number of aliphatic hydroxyl groups is 1. The number of carbonyl (C=O) groups is 1. The first-order valence-corrected chi connectivity index (χ1v) is 3.37. The monoisotopic (exact) mass is 160 g/mol. The van der Waals surface area contributed by atoms with Gasteiger partial charge in [0.05, 0.1) is 6.61 Å². The van der Waals surface area contributed by atoms with Gasteiger partial charge < -0.3 is 19.3 Å². The first-order chi connectivity index (χ1) is 5.33. The summed E-state index contributed by atoms with van der Waals surface area (Å²) in [6.45, 7) is -0.1000. The van der Waals surface area contributed by atoms with Crippen molar-refractivity contribution in [3.63, 3.8) is 0 Å². The Bertz CT molecular complexity index is 180. The number of esters is 1. The highest BCUT2D eigenvalue weighted by molar-refractivity contribution is 5.78. The first-order valence-electron chi connectivity index (χ1n) is 3.37. The van der Waals surface area contributed by atoms with Gasteiger partial charge in [-0.1, -0.05) is 0 Å². The third-order valence-electron chi connectivity index (χ3n) is 1.85. The molecule has 3 atom stereocenters. The fourth-order valence-electron chi connectivity index (χ4n) is 1.30. The van der Waals surface area contributed by atoms with Crippen LogP contribution in [0.25, 0.3) is 0 Å².